The van der Waals surface area contributed by atoms with Crippen LogP contribution in [-0.2, 0) is 9.59 Å². The van der Waals surface area contributed by atoms with E-state index >= 15 is 0 Å². The van der Waals surface area contributed by atoms with Gasteiger partial charge in [0.1, 0.15) is 11.9 Å². The van der Waals surface area contributed by atoms with Gasteiger partial charge in [0.2, 0.25) is 11.8 Å². The largest absolute Gasteiger partial charge is 0.477 e. The summed E-state index contributed by atoms with van der Waals surface area (Å²) in [5.74, 6) is -1.56. The number of piperidine rings is 1. The number of rotatable bonds is 3. The molecule has 1 aliphatic rings. The average molecular weight is 249 g/mol. The van der Waals surface area contributed by atoms with Crippen LogP contribution in [0.4, 0.5) is 5.82 Å². The van der Waals surface area contributed by atoms with Gasteiger partial charge in [0.15, 0.2) is 5.69 Å². The van der Waals surface area contributed by atoms with Gasteiger partial charge < -0.3 is 10.4 Å². The molecular weight excluding hydrogens is 238 g/mol. The van der Waals surface area contributed by atoms with Crippen molar-refractivity contribution < 1.29 is 19.5 Å². The summed E-state index contributed by atoms with van der Waals surface area (Å²) in [5.41, 5.74) is -0.104. The Labute approximate surface area is 102 Å². The Bertz CT molecular complexity index is 515. The molecule has 0 saturated carbocycles. The molecule has 1 atom stereocenters. The minimum atomic E-state index is -1.14. The smallest absolute Gasteiger partial charge is 0.354 e. The van der Waals surface area contributed by atoms with Gasteiger partial charge >= 0.3 is 5.97 Å². The molecule has 1 aromatic heterocycles. The van der Waals surface area contributed by atoms with Gasteiger partial charge in [-0.3, -0.25) is 14.9 Å². The summed E-state index contributed by atoms with van der Waals surface area (Å²) < 4.78 is 0. The van der Waals surface area contributed by atoms with Gasteiger partial charge in [0.05, 0.1) is 0 Å². The van der Waals surface area contributed by atoms with Crippen LogP contribution in [0.5, 0.6) is 0 Å². The molecule has 2 rings (SSSR count). The van der Waals surface area contributed by atoms with E-state index in [1.165, 1.54) is 12.1 Å². The fraction of sp³-hybridized carbons (Fsp3) is 0.273. The van der Waals surface area contributed by atoms with E-state index in [4.69, 9.17) is 5.11 Å². The number of carbonyl (C=O) groups is 3. The van der Waals surface area contributed by atoms with Crippen LogP contribution in [0.3, 0.4) is 0 Å². The Morgan fingerprint density at radius 1 is 1.44 bits per heavy atom. The van der Waals surface area contributed by atoms with Crippen LogP contribution in [0.15, 0.2) is 18.2 Å². The number of nitrogens with one attached hydrogen (secondary N) is 2. The van der Waals surface area contributed by atoms with Crippen molar-refractivity contribution >= 4 is 23.6 Å². The standard InChI is InChI=1S/C11H11N3O4/c15-9-5-4-6(10(16)14-9)12-8-3-1-2-7(13-8)11(17)18/h1-3,6H,4-5H2,(H,12,13)(H,17,18)(H,14,15,16). The maximum Gasteiger partial charge on any atom is 0.354 e. The molecule has 1 aromatic rings. The van der Waals surface area contributed by atoms with Crippen molar-refractivity contribution in [1.82, 2.24) is 10.3 Å². The summed E-state index contributed by atoms with van der Waals surface area (Å²) in [5, 5.41) is 13.8. The molecule has 94 valence electrons. The number of nitrogens with zero attached hydrogens (tertiary/aromatic N) is 1. The first-order valence-corrected chi connectivity index (χ1v) is 5.37. The molecule has 2 amide bonds. The van der Waals surface area contributed by atoms with E-state index in [1.54, 1.807) is 6.07 Å². The number of anilines is 1. The molecule has 2 heterocycles. The van der Waals surface area contributed by atoms with Crippen LogP contribution < -0.4 is 10.6 Å². The number of carboxylic acid groups (broad SMARTS) is 1. The molecule has 0 spiro atoms. The zero-order chi connectivity index (χ0) is 13.1. The summed E-state index contributed by atoms with van der Waals surface area (Å²) in [7, 11) is 0. The third-order valence-electron chi connectivity index (χ3n) is 2.53. The van der Waals surface area contributed by atoms with Crippen LogP contribution in [0.1, 0.15) is 23.3 Å². The Balaban J connectivity index is 2.09. The number of imide groups is 1. The number of carboxylic acids is 1. The van der Waals surface area contributed by atoms with Gasteiger partial charge in [-0.1, -0.05) is 6.07 Å². The molecular formula is C11H11N3O4. The SMILES string of the molecule is O=C1CCC(Nc2cccc(C(=O)O)n2)C(=O)N1. The number of hydrogen-bond donors (Lipinski definition) is 3. The van der Waals surface area contributed by atoms with E-state index < -0.39 is 17.9 Å². The fourth-order valence-electron chi connectivity index (χ4n) is 1.64. The minimum absolute atomic E-state index is 0.104. The lowest BCUT2D eigenvalue weighted by atomic mass is 10.1. The van der Waals surface area contributed by atoms with Gasteiger partial charge in [0, 0.05) is 6.42 Å². The van der Waals surface area contributed by atoms with E-state index in [0.717, 1.165) is 0 Å². The summed E-state index contributed by atoms with van der Waals surface area (Å²) in [4.78, 5) is 37.0. The van der Waals surface area contributed by atoms with E-state index in [0.29, 0.717) is 12.2 Å². The van der Waals surface area contributed by atoms with E-state index in [2.05, 4.69) is 15.6 Å². The lowest BCUT2D eigenvalue weighted by Crippen LogP contribution is -2.47. The zero-order valence-corrected chi connectivity index (χ0v) is 9.34. The second-order valence-electron chi connectivity index (χ2n) is 3.86. The summed E-state index contributed by atoms with van der Waals surface area (Å²) in [6.45, 7) is 0. The third-order valence-corrected chi connectivity index (χ3v) is 2.53. The van der Waals surface area contributed by atoms with Gasteiger partial charge in [-0.2, -0.15) is 0 Å². The lowest BCUT2D eigenvalue weighted by molar-refractivity contribution is -0.133. The molecule has 1 saturated heterocycles. The van der Waals surface area contributed by atoms with Crippen molar-refractivity contribution in [2.24, 2.45) is 0 Å². The second-order valence-corrected chi connectivity index (χ2v) is 3.86. The molecule has 7 heteroatoms. The van der Waals surface area contributed by atoms with Gasteiger partial charge in [-0.05, 0) is 18.6 Å². The molecule has 3 N–H and O–H groups in total. The maximum absolute atomic E-state index is 11.5. The number of carbonyl (C=O) groups excluding carboxylic acids is 2. The van der Waals surface area contributed by atoms with Crippen LogP contribution in [0.25, 0.3) is 0 Å². The molecule has 18 heavy (non-hydrogen) atoms. The van der Waals surface area contributed by atoms with Crippen molar-refractivity contribution in [3.05, 3.63) is 23.9 Å². The Morgan fingerprint density at radius 2 is 2.22 bits per heavy atom. The van der Waals surface area contributed by atoms with Crippen molar-refractivity contribution in [3.63, 3.8) is 0 Å². The second kappa shape index (κ2) is 4.82. The Hall–Kier alpha value is -2.44. The van der Waals surface area contributed by atoms with Crippen LogP contribution in [-0.4, -0.2) is 33.9 Å². The highest BCUT2D eigenvalue weighted by Gasteiger charge is 2.26. The average Bonchev–Trinajstić information content (AvgIpc) is 2.33. The van der Waals surface area contributed by atoms with E-state index in [-0.39, 0.29) is 18.0 Å². The van der Waals surface area contributed by atoms with Crippen LogP contribution >= 0.6 is 0 Å². The highest BCUT2D eigenvalue weighted by Crippen LogP contribution is 2.12. The van der Waals surface area contributed by atoms with Crippen molar-refractivity contribution in [3.8, 4) is 0 Å². The van der Waals surface area contributed by atoms with Gasteiger partial charge in [0.25, 0.3) is 0 Å². The Kier molecular flexibility index (Phi) is 3.22. The zero-order valence-electron chi connectivity index (χ0n) is 9.34. The van der Waals surface area contributed by atoms with Crippen LogP contribution in [0, 0.1) is 0 Å². The topological polar surface area (TPSA) is 108 Å². The first-order valence-electron chi connectivity index (χ1n) is 5.37. The van der Waals surface area contributed by atoms with Gasteiger partial charge in [-0.25, -0.2) is 9.78 Å². The van der Waals surface area contributed by atoms with Crippen LogP contribution in [0.2, 0.25) is 0 Å². The predicted molar refractivity (Wildman–Crippen MR) is 61.0 cm³/mol. The highest BCUT2D eigenvalue weighted by atomic mass is 16.4. The lowest BCUT2D eigenvalue weighted by Gasteiger charge is -2.22. The molecule has 0 aromatic carbocycles. The van der Waals surface area contributed by atoms with Crippen molar-refractivity contribution in [2.45, 2.75) is 18.9 Å². The fourth-order valence-corrected chi connectivity index (χ4v) is 1.64. The number of aromatic nitrogens is 1. The number of aromatic carboxylic acids is 1. The number of amides is 2. The highest BCUT2D eigenvalue weighted by molar-refractivity contribution is 6.01. The summed E-state index contributed by atoms with van der Waals surface area (Å²) >= 11 is 0. The quantitative estimate of drug-likeness (QED) is 0.650. The first-order chi connectivity index (χ1) is 8.56. The van der Waals surface area contributed by atoms with Gasteiger partial charge in [-0.15, -0.1) is 0 Å². The normalized spacial score (nSPS) is 19.2. The molecule has 1 fully saturated rings. The Morgan fingerprint density at radius 3 is 2.89 bits per heavy atom. The monoisotopic (exact) mass is 249 g/mol. The molecule has 0 radical (unpaired) electrons. The van der Waals surface area contributed by atoms with Crippen molar-refractivity contribution in [1.29, 1.82) is 0 Å². The summed E-state index contributed by atoms with van der Waals surface area (Å²) in [6, 6.07) is 3.89. The molecule has 1 unspecified atom stereocenters. The number of pyridine rings is 1. The molecule has 0 aliphatic carbocycles. The summed E-state index contributed by atoms with van der Waals surface area (Å²) in [6.07, 6.45) is 0.617. The third kappa shape index (κ3) is 2.62. The minimum Gasteiger partial charge on any atom is -0.477 e. The van der Waals surface area contributed by atoms with E-state index in [1.807, 2.05) is 0 Å². The number of hydrogen-bond acceptors (Lipinski definition) is 5. The van der Waals surface area contributed by atoms with E-state index in [9.17, 15) is 14.4 Å². The molecule has 7 nitrogen and oxygen atoms in total. The first kappa shape index (κ1) is 12.0. The predicted octanol–water partition coefficient (Wildman–Crippen LogP) is -0.00310. The maximum atomic E-state index is 11.5. The molecule has 1 aliphatic heterocycles. The van der Waals surface area contributed by atoms with Crippen molar-refractivity contribution in [2.75, 3.05) is 5.32 Å². The molecule has 0 bridgehead atoms.